The van der Waals surface area contributed by atoms with E-state index in [1.807, 2.05) is 6.07 Å². The van der Waals surface area contributed by atoms with Gasteiger partial charge in [-0.3, -0.25) is 9.78 Å². The Morgan fingerprint density at radius 3 is 2.42 bits per heavy atom. The lowest BCUT2D eigenvalue weighted by atomic mass is 9.77. The number of carbonyl (C=O) groups excluding carboxylic acids is 1. The predicted octanol–water partition coefficient (Wildman–Crippen LogP) is 2.73. The first-order chi connectivity index (χ1) is 18.3. The monoisotopic (exact) mass is 600 g/mol. The SMILES string of the molecule is COc1cncc2c1[C@@]1(O)C(=O)[C@@](c3ccc(Br)cc3)(O2)[C@H](c2ccccc2)[C@H]1S(=O)(=O)N1CCOCC1. The van der Waals surface area contributed by atoms with Gasteiger partial charge >= 0.3 is 0 Å². The number of benzene rings is 2. The Bertz CT molecular complexity index is 1500. The fourth-order valence-electron chi connectivity index (χ4n) is 6.06. The highest BCUT2D eigenvalue weighted by Crippen LogP contribution is 2.65. The van der Waals surface area contributed by atoms with Crippen molar-refractivity contribution in [2.24, 2.45) is 0 Å². The molecule has 0 unspecified atom stereocenters. The molecule has 9 nitrogen and oxygen atoms in total. The van der Waals surface area contributed by atoms with Gasteiger partial charge in [0.2, 0.25) is 21.4 Å². The van der Waals surface area contributed by atoms with Gasteiger partial charge in [0.05, 0.1) is 44.2 Å². The van der Waals surface area contributed by atoms with Crippen LogP contribution in [0.5, 0.6) is 11.5 Å². The number of aromatic nitrogens is 1. The van der Waals surface area contributed by atoms with E-state index in [0.717, 1.165) is 4.47 Å². The summed E-state index contributed by atoms with van der Waals surface area (Å²) in [5.41, 5.74) is -3.42. The van der Waals surface area contributed by atoms with Gasteiger partial charge in [0, 0.05) is 23.1 Å². The Labute approximate surface area is 228 Å². The number of fused-ring (bicyclic) bond motifs is 4. The van der Waals surface area contributed by atoms with Gasteiger partial charge in [-0.15, -0.1) is 0 Å². The summed E-state index contributed by atoms with van der Waals surface area (Å²) in [7, 11) is -2.94. The minimum absolute atomic E-state index is 0.0343. The molecule has 1 aliphatic carbocycles. The van der Waals surface area contributed by atoms with Crippen LogP contribution in [-0.4, -0.2) is 67.3 Å². The molecule has 0 radical (unpaired) electrons. The molecule has 3 heterocycles. The molecule has 38 heavy (non-hydrogen) atoms. The van der Waals surface area contributed by atoms with Crippen molar-refractivity contribution in [1.82, 2.24) is 9.29 Å². The number of hydrogen-bond acceptors (Lipinski definition) is 8. The van der Waals surface area contributed by atoms with Crippen molar-refractivity contribution in [1.29, 1.82) is 0 Å². The van der Waals surface area contributed by atoms with Gasteiger partial charge < -0.3 is 19.3 Å². The number of pyridine rings is 1. The summed E-state index contributed by atoms with van der Waals surface area (Å²) in [6.07, 6.45) is 2.73. The van der Waals surface area contributed by atoms with Crippen molar-refractivity contribution in [3.05, 3.63) is 88.2 Å². The van der Waals surface area contributed by atoms with E-state index >= 15 is 0 Å². The summed E-state index contributed by atoms with van der Waals surface area (Å²) in [5, 5.41) is 11.0. The van der Waals surface area contributed by atoms with Crippen LogP contribution in [0.3, 0.4) is 0 Å². The van der Waals surface area contributed by atoms with Crippen LogP contribution in [0.25, 0.3) is 0 Å². The van der Waals surface area contributed by atoms with Crippen LogP contribution in [0.4, 0.5) is 0 Å². The van der Waals surface area contributed by atoms with E-state index < -0.39 is 38.2 Å². The maximum atomic E-state index is 14.7. The van der Waals surface area contributed by atoms with E-state index in [0.29, 0.717) is 11.1 Å². The van der Waals surface area contributed by atoms with Crippen LogP contribution in [0.15, 0.2) is 71.5 Å². The van der Waals surface area contributed by atoms with Crippen molar-refractivity contribution in [2.45, 2.75) is 22.4 Å². The summed E-state index contributed by atoms with van der Waals surface area (Å²) in [6, 6.07) is 15.8. The molecular formula is C27H25BrN2O7S. The second-order valence-electron chi connectivity index (χ2n) is 9.52. The van der Waals surface area contributed by atoms with E-state index in [1.165, 1.54) is 23.8 Å². The molecule has 1 aromatic heterocycles. The third-order valence-corrected chi connectivity index (χ3v) is 10.5. The van der Waals surface area contributed by atoms with Gasteiger partial charge in [-0.2, -0.15) is 4.31 Å². The van der Waals surface area contributed by atoms with E-state index in [2.05, 4.69) is 20.9 Å². The lowest BCUT2D eigenvalue weighted by Crippen LogP contribution is -2.55. The number of nitrogens with zero attached hydrogens (tertiary/aromatic N) is 2. The normalized spacial score (nSPS) is 29.0. The maximum absolute atomic E-state index is 14.7. The zero-order chi connectivity index (χ0) is 26.7. The van der Waals surface area contributed by atoms with Gasteiger partial charge in [-0.25, -0.2) is 8.42 Å². The second kappa shape index (κ2) is 9.13. The third kappa shape index (κ3) is 3.42. The first-order valence-electron chi connectivity index (χ1n) is 12.1. The number of aliphatic hydroxyl groups is 1. The summed E-state index contributed by atoms with van der Waals surface area (Å²) in [6.45, 7) is 0.646. The zero-order valence-electron chi connectivity index (χ0n) is 20.4. The molecular weight excluding hydrogens is 576 g/mol. The number of Topliss-reactive ketones (excluding diaryl/α,β-unsaturated/α-hetero) is 1. The van der Waals surface area contributed by atoms with Crippen molar-refractivity contribution in [3.8, 4) is 11.5 Å². The molecule has 1 N–H and O–H groups in total. The molecule has 4 atom stereocenters. The summed E-state index contributed by atoms with van der Waals surface area (Å²) >= 11 is 3.43. The van der Waals surface area contributed by atoms with Crippen LogP contribution >= 0.6 is 15.9 Å². The topological polar surface area (TPSA) is 115 Å². The van der Waals surface area contributed by atoms with Crippen LogP contribution in [0.1, 0.15) is 22.6 Å². The molecule has 2 fully saturated rings. The van der Waals surface area contributed by atoms with Crippen molar-refractivity contribution >= 4 is 31.7 Å². The number of hydrogen-bond donors (Lipinski definition) is 1. The zero-order valence-corrected chi connectivity index (χ0v) is 22.8. The third-order valence-electron chi connectivity index (χ3n) is 7.67. The lowest BCUT2D eigenvalue weighted by molar-refractivity contribution is -0.151. The number of sulfonamides is 1. The summed E-state index contributed by atoms with van der Waals surface area (Å²) < 4.78 is 48.6. The van der Waals surface area contributed by atoms with Gasteiger partial charge in [0.1, 0.15) is 16.7 Å². The molecule has 2 aliphatic heterocycles. The molecule has 2 bridgehead atoms. The van der Waals surface area contributed by atoms with Crippen LogP contribution in [0, 0.1) is 0 Å². The quantitative estimate of drug-likeness (QED) is 0.475. The number of morpholine rings is 1. The number of methoxy groups -OCH3 is 1. The molecule has 3 aliphatic rings. The highest BCUT2D eigenvalue weighted by atomic mass is 79.9. The Hall–Kier alpha value is -2.83. The summed E-state index contributed by atoms with van der Waals surface area (Å²) in [5.74, 6) is -1.71. The molecule has 0 spiro atoms. The molecule has 1 saturated heterocycles. The average molecular weight is 601 g/mol. The number of ketones is 1. The van der Waals surface area contributed by atoms with E-state index in [4.69, 9.17) is 14.2 Å². The predicted molar refractivity (Wildman–Crippen MR) is 140 cm³/mol. The number of ether oxygens (including phenoxy) is 3. The molecule has 3 aromatic rings. The Kier molecular flexibility index (Phi) is 6.11. The van der Waals surface area contributed by atoms with E-state index in [1.54, 1.807) is 48.5 Å². The fourth-order valence-corrected chi connectivity index (χ4v) is 8.66. The van der Waals surface area contributed by atoms with Crippen molar-refractivity contribution < 1.29 is 32.5 Å². The fraction of sp³-hybridized carbons (Fsp3) is 0.333. The van der Waals surface area contributed by atoms with Crippen LogP contribution in [-0.2, 0) is 30.8 Å². The highest BCUT2D eigenvalue weighted by Gasteiger charge is 2.78. The van der Waals surface area contributed by atoms with Crippen molar-refractivity contribution in [2.75, 3.05) is 33.4 Å². The summed E-state index contributed by atoms with van der Waals surface area (Å²) in [4.78, 5) is 18.9. The second-order valence-corrected chi connectivity index (χ2v) is 12.5. The minimum atomic E-state index is -4.31. The molecule has 0 amide bonds. The number of carbonyl (C=O) groups is 1. The molecule has 198 valence electrons. The lowest BCUT2D eigenvalue weighted by Gasteiger charge is -2.39. The first-order valence-corrected chi connectivity index (χ1v) is 14.4. The van der Waals surface area contributed by atoms with E-state index in [-0.39, 0.29) is 43.4 Å². The molecule has 6 rings (SSSR count). The molecule has 2 aromatic carbocycles. The van der Waals surface area contributed by atoms with Crippen LogP contribution in [0.2, 0.25) is 0 Å². The van der Waals surface area contributed by atoms with E-state index in [9.17, 15) is 18.3 Å². The molecule has 1 saturated carbocycles. The first kappa shape index (κ1) is 25.4. The average Bonchev–Trinajstić information content (AvgIpc) is 3.07. The van der Waals surface area contributed by atoms with Crippen molar-refractivity contribution in [3.63, 3.8) is 0 Å². The smallest absolute Gasteiger partial charge is 0.221 e. The minimum Gasteiger partial charge on any atom is -0.495 e. The number of rotatable bonds is 5. The Morgan fingerprint density at radius 2 is 1.76 bits per heavy atom. The van der Waals surface area contributed by atoms with Gasteiger partial charge in [0.25, 0.3) is 0 Å². The molecule has 11 heteroatoms. The van der Waals surface area contributed by atoms with Crippen LogP contribution < -0.4 is 9.47 Å². The number of halogens is 1. The maximum Gasteiger partial charge on any atom is 0.221 e. The van der Waals surface area contributed by atoms with Gasteiger partial charge in [-0.05, 0) is 17.7 Å². The highest BCUT2D eigenvalue weighted by molar-refractivity contribution is 9.10. The van der Waals surface area contributed by atoms with Gasteiger partial charge in [-0.1, -0.05) is 58.4 Å². The Balaban J connectivity index is 1.72. The Morgan fingerprint density at radius 1 is 1.08 bits per heavy atom. The largest absolute Gasteiger partial charge is 0.495 e. The van der Waals surface area contributed by atoms with Gasteiger partial charge in [0.15, 0.2) is 5.60 Å². The standard InChI is InChI=1S/C27H25BrN2O7S/c1-35-20-15-29-16-21-23(20)26(32)24(38(33,34)30-11-13-36-14-12-30)22(17-5-3-2-4-6-17)27(37-21,25(26)31)18-7-9-19(28)10-8-18/h2-10,15-16,22,24,32H,11-14H2,1H3/t22-,24-,26+,27+/m1/s1.